The Kier molecular flexibility index (Phi) is 8.29. The molecule has 0 spiro atoms. The number of hydrogen-bond acceptors (Lipinski definition) is 2. The van der Waals surface area contributed by atoms with E-state index in [1.165, 1.54) is 93.3 Å². The first kappa shape index (κ1) is 37.4. The first-order valence-electron chi connectivity index (χ1n) is 22.6. The number of para-hydroxylation sites is 1. The van der Waals surface area contributed by atoms with Gasteiger partial charge in [-0.25, -0.2) is 0 Å². The van der Waals surface area contributed by atoms with Crippen LogP contribution in [0.5, 0.6) is 0 Å². The summed E-state index contributed by atoms with van der Waals surface area (Å²) in [4.78, 5) is 2.44. The predicted molar refractivity (Wildman–Crippen MR) is 275 cm³/mol. The van der Waals surface area contributed by atoms with E-state index >= 15 is 0 Å². The zero-order chi connectivity index (χ0) is 43.2. The van der Waals surface area contributed by atoms with E-state index in [2.05, 4.69) is 237 Å². The maximum atomic E-state index is 6.42. The average Bonchev–Trinajstić information content (AvgIpc) is 3.86. The number of nitrogens with zero attached hydrogens (tertiary/aromatic N) is 1. The first-order valence-corrected chi connectivity index (χ1v) is 22.6. The summed E-state index contributed by atoms with van der Waals surface area (Å²) in [5.74, 6) is 0. The number of benzene rings is 11. The Balaban J connectivity index is 0.976. The molecule has 2 heteroatoms. The molecule has 0 N–H and O–H groups in total. The molecular weight excluding hydrogens is 787 g/mol. The maximum absolute atomic E-state index is 6.42. The summed E-state index contributed by atoms with van der Waals surface area (Å²) in [6.07, 6.45) is 0. The van der Waals surface area contributed by atoms with Crippen molar-refractivity contribution in [3.63, 3.8) is 0 Å². The van der Waals surface area contributed by atoms with E-state index in [1.807, 2.05) is 6.07 Å². The third-order valence-corrected chi connectivity index (χ3v) is 14.1. The smallest absolute Gasteiger partial charge is 0.136 e. The minimum atomic E-state index is -0.133. The van der Waals surface area contributed by atoms with Gasteiger partial charge in [0.05, 0.1) is 0 Å². The second-order valence-corrected chi connectivity index (χ2v) is 18.0. The fourth-order valence-corrected chi connectivity index (χ4v) is 10.9. The van der Waals surface area contributed by atoms with Gasteiger partial charge in [0, 0.05) is 38.6 Å². The lowest BCUT2D eigenvalue weighted by atomic mass is 9.82. The van der Waals surface area contributed by atoms with Crippen molar-refractivity contribution in [2.45, 2.75) is 19.3 Å². The highest BCUT2D eigenvalue weighted by Crippen LogP contribution is 2.51. The molecule has 65 heavy (non-hydrogen) atoms. The largest absolute Gasteiger partial charge is 0.456 e. The highest BCUT2D eigenvalue weighted by atomic mass is 16.3. The molecular formula is C63H43NO. The van der Waals surface area contributed by atoms with Crippen molar-refractivity contribution < 1.29 is 4.42 Å². The van der Waals surface area contributed by atoms with Gasteiger partial charge in [-0.15, -0.1) is 0 Å². The standard InChI is InChI=1S/C63H43NO/c1-63(2)56-24-10-8-18-49(56)50-35-34-47(39-57(50)63)64(45-32-30-43(31-33-45)42-28-26-41(27-29-42)40-14-4-3-5-15-40)46-17-12-16-44(38-46)48-22-13-23-52-54-36-37-59-62(55-21-9-11-25-58(55)65-59)61(54)53-20-7-6-19-51(53)60(48)52/h3-39H,1-2H3. The van der Waals surface area contributed by atoms with Crippen LogP contribution in [0.4, 0.5) is 17.1 Å². The average molecular weight is 830 g/mol. The van der Waals surface area contributed by atoms with Crippen LogP contribution in [0.1, 0.15) is 25.0 Å². The lowest BCUT2D eigenvalue weighted by Crippen LogP contribution is -2.16. The Morgan fingerprint density at radius 1 is 0.308 bits per heavy atom. The third kappa shape index (κ3) is 5.81. The second kappa shape index (κ2) is 14.4. The molecule has 11 aromatic carbocycles. The summed E-state index contributed by atoms with van der Waals surface area (Å²) in [6.45, 7) is 4.72. The van der Waals surface area contributed by atoms with Crippen molar-refractivity contribution >= 4 is 71.3 Å². The molecule has 0 radical (unpaired) electrons. The first-order chi connectivity index (χ1) is 32.0. The molecule has 1 aromatic heterocycles. The van der Waals surface area contributed by atoms with Gasteiger partial charge in [-0.2, -0.15) is 0 Å². The van der Waals surface area contributed by atoms with Gasteiger partial charge in [-0.1, -0.05) is 184 Å². The Labute approximate surface area is 378 Å². The van der Waals surface area contributed by atoms with E-state index in [0.29, 0.717) is 0 Å². The van der Waals surface area contributed by atoms with Gasteiger partial charge >= 0.3 is 0 Å². The van der Waals surface area contributed by atoms with E-state index in [0.717, 1.165) is 33.6 Å². The molecule has 1 heterocycles. The van der Waals surface area contributed by atoms with Gasteiger partial charge in [0.25, 0.3) is 0 Å². The number of anilines is 3. The van der Waals surface area contributed by atoms with E-state index < -0.39 is 0 Å². The minimum absolute atomic E-state index is 0.133. The summed E-state index contributed by atoms with van der Waals surface area (Å²) in [7, 11) is 0. The molecule has 0 bridgehead atoms. The van der Waals surface area contributed by atoms with Gasteiger partial charge in [-0.05, 0) is 137 Å². The summed E-state index contributed by atoms with van der Waals surface area (Å²) in [6, 6.07) is 82.2. The molecule has 13 rings (SSSR count). The SMILES string of the molecule is CC1(C)c2ccccc2-c2ccc(N(c3ccc(-c4ccc(-c5ccccc5)cc4)cc3)c3cccc(-c4cccc5c6ccc7oc8ccccc8c7c6c6ccccc6c45)c3)cc21. The van der Waals surface area contributed by atoms with Crippen LogP contribution in [-0.2, 0) is 5.41 Å². The van der Waals surface area contributed by atoms with E-state index in [9.17, 15) is 0 Å². The Morgan fingerprint density at radius 2 is 0.831 bits per heavy atom. The Morgan fingerprint density at radius 3 is 1.60 bits per heavy atom. The molecule has 2 nitrogen and oxygen atoms in total. The van der Waals surface area contributed by atoms with Crippen molar-refractivity contribution in [3.8, 4) is 44.5 Å². The quantitative estimate of drug-likeness (QED) is 0.155. The van der Waals surface area contributed by atoms with Crippen LogP contribution in [-0.4, -0.2) is 0 Å². The van der Waals surface area contributed by atoms with Crippen LogP contribution in [0.25, 0.3) is 98.8 Å². The van der Waals surface area contributed by atoms with Crippen molar-refractivity contribution in [2.24, 2.45) is 0 Å². The van der Waals surface area contributed by atoms with Crippen LogP contribution in [0.15, 0.2) is 229 Å². The third-order valence-electron chi connectivity index (χ3n) is 14.1. The molecule has 0 aliphatic heterocycles. The molecule has 0 amide bonds. The molecule has 12 aromatic rings. The second-order valence-electron chi connectivity index (χ2n) is 18.0. The molecule has 1 aliphatic rings. The van der Waals surface area contributed by atoms with Crippen LogP contribution in [0, 0.1) is 0 Å². The summed E-state index contributed by atoms with van der Waals surface area (Å²) in [5, 5.41) is 9.75. The molecule has 306 valence electrons. The lowest BCUT2D eigenvalue weighted by molar-refractivity contribution is 0.660. The van der Waals surface area contributed by atoms with E-state index in [4.69, 9.17) is 4.42 Å². The Hall–Kier alpha value is -8.20. The molecule has 0 saturated heterocycles. The van der Waals surface area contributed by atoms with Crippen molar-refractivity contribution in [2.75, 3.05) is 4.90 Å². The number of hydrogen-bond donors (Lipinski definition) is 0. The normalized spacial score (nSPS) is 12.9. The molecule has 0 unspecified atom stereocenters. The van der Waals surface area contributed by atoms with Gasteiger partial charge in [-0.3, -0.25) is 0 Å². The zero-order valence-corrected chi connectivity index (χ0v) is 36.2. The predicted octanol–water partition coefficient (Wildman–Crippen LogP) is 17.8. The molecule has 0 saturated carbocycles. The van der Waals surface area contributed by atoms with Gasteiger partial charge in [0.15, 0.2) is 0 Å². The summed E-state index contributed by atoms with van der Waals surface area (Å²) in [5.41, 5.74) is 17.6. The van der Waals surface area contributed by atoms with Crippen LogP contribution >= 0.6 is 0 Å². The lowest BCUT2D eigenvalue weighted by Gasteiger charge is -2.28. The Bertz CT molecular complexity index is 3810. The highest BCUT2D eigenvalue weighted by Gasteiger charge is 2.35. The minimum Gasteiger partial charge on any atom is -0.456 e. The maximum Gasteiger partial charge on any atom is 0.136 e. The number of furan rings is 1. The topological polar surface area (TPSA) is 16.4 Å². The van der Waals surface area contributed by atoms with Crippen LogP contribution in [0.3, 0.4) is 0 Å². The number of rotatable bonds is 6. The monoisotopic (exact) mass is 829 g/mol. The zero-order valence-electron chi connectivity index (χ0n) is 36.2. The van der Waals surface area contributed by atoms with Gasteiger partial charge in [0.2, 0.25) is 0 Å². The van der Waals surface area contributed by atoms with Crippen molar-refractivity contribution in [3.05, 3.63) is 236 Å². The van der Waals surface area contributed by atoms with Crippen molar-refractivity contribution in [1.82, 2.24) is 0 Å². The molecule has 0 fully saturated rings. The fourth-order valence-electron chi connectivity index (χ4n) is 10.9. The van der Waals surface area contributed by atoms with Gasteiger partial charge < -0.3 is 9.32 Å². The van der Waals surface area contributed by atoms with Crippen LogP contribution in [0.2, 0.25) is 0 Å². The van der Waals surface area contributed by atoms with Gasteiger partial charge in [0.1, 0.15) is 11.2 Å². The summed E-state index contributed by atoms with van der Waals surface area (Å²) >= 11 is 0. The number of fused-ring (bicyclic) bond motifs is 13. The van der Waals surface area contributed by atoms with E-state index in [-0.39, 0.29) is 5.41 Å². The highest BCUT2D eigenvalue weighted by molar-refractivity contribution is 6.36. The van der Waals surface area contributed by atoms with Crippen molar-refractivity contribution in [1.29, 1.82) is 0 Å². The summed E-state index contributed by atoms with van der Waals surface area (Å²) < 4.78 is 6.42. The molecule has 0 atom stereocenters. The van der Waals surface area contributed by atoms with Crippen LogP contribution < -0.4 is 4.90 Å². The van der Waals surface area contributed by atoms with E-state index in [1.54, 1.807) is 0 Å². The molecule has 1 aliphatic carbocycles. The fraction of sp³-hybridized carbons (Fsp3) is 0.0476.